The quantitative estimate of drug-likeness (QED) is 0.429. The summed E-state index contributed by atoms with van der Waals surface area (Å²) in [7, 11) is 0. The predicted octanol–water partition coefficient (Wildman–Crippen LogP) is 5.32. The molecule has 1 aromatic heterocycles. The average Bonchev–Trinajstić information content (AvgIpc) is 3.09. The van der Waals surface area contributed by atoms with E-state index in [1.165, 1.54) is 11.1 Å². The standard InChI is InChI=1S/C25H24ClN3O2/c1-17-13-18(2)15-19(14-17)31-12-11-29-23-10-6-5-9-22(23)28-24(29)16-27-25(30)20-7-3-4-8-21(20)26/h3-10,13-15H,11-12,16H2,1-2H3,(H,27,30). The van der Waals surface area contributed by atoms with Gasteiger partial charge in [0.2, 0.25) is 0 Å². The number of amides is 1. The SMILES string of the molecule is Cc1cc(C)cc(OCCn2c(CNC(=O)c3ccccc3Cl)nc3ccccc32)c1. The van der Waals surface area contributed by atoms with Crippen molar-refractivity contribution >= 4 is 28.5 Å². The van der Waals surface area contributed by atoms with E-state index in [1.807, 2.05) is 36.4 Å². The number of para-hydroxylation sites is 2. The van der Waals surface area contributed by atoms with Crippen molar-refractivity contribution in [2.75, 3.05) is 6.61 Å². The van der Waals surface area contributed by atoms with Gasteiger partial charge < -0.3 is 14.6 Å². The number of imidazole rings is 1. The lowest BCUT2D eigenvalue weighted by atomic mass is 10.1. The van der Waals surface area contributed by atoms with E-state index in [4.69, 9.17) is 21.3 Å². The Kier molecular flexibility index (Phi) is 6.23. The van der Waals surface area contributed by atoms with Crippen LogP contribution in [-0.4, -0.2) is 22.1 Å². The first-order valence-corrected chi connectivity index (χ1v) is 10.6. The third kappa shape index (κ3) is 4.89. The minimum Gasteiger partial charge on any atom is -0.492 e. The van der Waals surface area contributed by atoms with Crippen LogP contribution in [0.4, 0.5) is 0 Å². The van der Waals surface area contributed by atoms with Crippen molar-refractivity contribution in [3.05, 3.63) is 94.3 Å². The second kappa shape index (κ2) is 9.23. The molecule has 0 fully saturated rings. The number of hydrogen-bond acceptors (Lipinski definition) is 3. The smallest absolute Gasteiger partial charge is 0.253 e. The molecule has 0 aliphatic carbocycles. The van der Waals surface area contributed by atoms with Crippen LogP contribution in [0.1, 0.15) is 27.3 Å². The Hall–Kier alpha value is -3.31. The van der Waals surface area contributed by atoms with Crippen LogP contribution < -0.4 is 10.1 Å². The maximum atomic E-state index is 12.6. The van der Waals surface area contributed by atoms with Gasteiger partial charge in [0.05, 0.1) is 34.7 Å². The predicted molar refractivity (Wildman–Crippen MR) is 124 cm³/mol. The second-order valence-corrected chi connectivity index (χ2v) is 7.91. The third-order valence-corrected chi connectivity index (χ3v) is 5.37. The Morgan fingerprint density at radius 2 is 1.74 bits per heavy atom. The number of aryl methyl sites for hydroxylation is 2. The summed E-state index contributed by atoms with van der Waals surface area (Å²) < 4.78 is 8.09. The van der Waals surface area contributed by atoms with E-state index in [-0.39, 0.29) is 5.91 Å². The summed E-state index contributed by atoms with van der Waals surface area (Å²) in [6.07, 6.45) is 0. The van der Waals surface area contributed by atoms with Gasteiger partial charge in [-0.2, -0.15) is 0 Å². The molecule has 4 rings (SSSR count). The maximum absolute atomic E-state index is 12.6. The number of carbonyl (C=O) groups is 1. The van der Waals surface area contributed by atoms with Gasteiger partial charge in [0.1, 0.15) is 18.2 Å². The summed E-state index contributed by atoms with van der Waals surface area (Å²) >= 11 is 6.15. The number of benzene rings is 3. The first-order chi connectivity index (χ1) is 15.0. The molecular weight excluding hydrogens is 410 g/mol. The molecular formula is C25H24ClN3O2. The number of aromatic nitrogens is 2. The Morgan fingerprint density at radius 3 is 2.52 bits per heavy atom. The molecule has 6 heteroatoms. The van der Waals surface area contributed by atoms with Gasteiger partial charge in [-0.1, -0.05) is 41.9 Å². The van der Waals surface area contributed by atoms with E-state index in [0.29, 0.717) is 30.3 Å². The molecule has 1 heterocycles. The fraction of sp³-hybridized carbons (Fsp3) is 0.200. The normalized spacial score (nSPS) is 10.9. The fourth-order valence-electron chi connectivity index (χ4n) is 3.68. The molecule has 0 aliphatic heterocycles. The minimum absolute atomic E-state index is 0.226. The summed E-state index contributed by atoms with van der Waals surface area (Å²) in [5.74, 6) is 1.40. The van der Waals surface area contributed by atoms with E-state index in [0.717, 1.165) is 22.6 Å². The van der Waals surface area contributed by atoms with E-state index in [2.05, 4.69) is 29.8 Å². The number of fused-ring (bicyclic) bond motifs is 1. The average molecular weight is 434 g/mol. The van der Waals surface area contributed by atoms with Crippen LogP contribution in [0.5, 0.6) is 5.75 Å². The molecule has 31 heavy (non-hydrogen) atoms. The molecule has 4 aromatic rings. The van der Waals surface area contributed by atoms with Crippen LogP contribution in [0, 0.1) is 13.8 Å². The topological polar surface area (TPSA) is 56.1 Å². The number of hydrogen-bond donors (Lipinski definition) is 1. The summed E-state index contributed by atoms with van der Waals surface area (Å²) in [4.78, 5) is 17.3. The van der Waals surface area contributed by atoms with Crippen LogP contribution in [0.3, 0.4) is 0 Å². The molecule has 0 saturated heterocycles. The molecule has 0 bridgehead atoms. The highest BCUT2D eigenvalue weighted by molar-refractivity contribution is 6.33. The molecule has 1 N–H and O–H groups in total. The third-order valence-electron chi connectivity index (χ3n) is 5.04. The molecule has 0 atom stereocenters. The summed E-state index contributed by atoms with van der Waals surface area (Å²) in [6.45, 7) is 5.52. The van der Waals surface area contributed by atoms with Gasteiger partial charge in [0.15, 0.2) is 0 Å². The Bertz CT molecular complexity index is 1210. The first kappa shape index (κ1) is 20.9. The van der Waals surface area contributed by atoms with E-state index in [9.17, 15) is 4.79 Å². The molecule has 3 aromatic carbocycles. The van der Waals surface area contributed by atoms with Crippen molar-refractivity contribution in [3.8, 4) is 5.75 Å². The Balaban J connectivity index is 1.50. The van der Waals surface area contributed by atoms with Crippen LogP contribution in [-0.2, 0) is 13.1 Å². The maximum Gasteiger partial charge on any atom is 0.253 e. The van der Waals surface area contributed by atoms with Crippen molar-refractivity contribution in [1.82, 2.24) is 14.9 Å². The van der Waals surface area contributed by atoms with Gasteiger partial charge in [-0.3, -0.25) is 4.79 Å². The monoisotopic (exact) mass is 433 g/mol. The molecule has 0 unspecified atom stereocenters. The Morgan fingerprint density at radius 1 is 1.03 bits per heavy atom. The van der Waals surface area contributed by atoms with Gasteiger partial charge in [0, 0.05) is 0 Å². The highest BCUT2D eigenvalue weighted by atomic mass is 35.5. The minimum atomic E-state index is -0.226. The first-order valence-electron chi connectivity index (χ1n) is 10.2. The number of nitrogens with zero attached hydrogens (tertiary/aromatic N) is 2. The molecule has 1 amide bonds. The highest BCUT2D eigenvalue weighted by Gasteiger charge is 2.14. The van der Waals surface area contributed by atoms with Crippen molar-refractivity contribution in [1.29, 1.82) is 0 Å². The van der Waals surface area contributed by atoms with E-state index in [1.54, 1.807) is 24.3 Å². The van der Waals surface area contributed by atoms with Gasteiger partial charge in [-0.15, -0.1) is 0 Å². The van der Waals surface area contributed by atoms with Crippen LogP contribution in [0.15, 0.2) is 66.7 Å². The van der Waals surface area contributed by atoms with Crippen LogP contribution in [0.25, 0.3) is 11.0 Å². The second-order valence-electron chi connectivity index (χ2n) is 7.50. The molecule has 5 nitrogen and oxygen atoms in total. The van der Waals surface area contributed by atoms with Crippen LogP contribution in [0.2, 0.25) is 5.02 Å². The zero-order chi connectivity index (χ0) is 21.8. The van der Waals surface area contributed by atoms with Crippen molar-refractivity contribution < 1.29 is 9.53 Å². The number of nitrogens with one attached hydrogen (secondary N) is 1. The lowest BCUT2D eigenvalue weighted by Gasteiger charge is -2.12. The summed E-state index contributed by atoms with van der Waals surface area (Å²) in [6, 6.07) is 21.1. The van der Waals surface area contributed by atoms with Gasteiger partial charge in [-0.25, -0.2) is 4.98 Å². The number of halogens is 1. The summed E-state index contributed by atoms with van der Waals surface area (Å²) in [5, 5.41) is 3.36. The number of rotatable bonds is 7. The fourth-order valence-corrected chi connectivity index (χ4v) is 3.90. The zero-order valence-corrected chi connectivity index (χ0v) is 18.3. The highest BCUT2D eigenvalue weighted by Crippen LogP contribution is 2.19. The van der Waals surface area contributed by atoms with Gasteiger partial charge in [-0.05, 0) is 61.4 Å². The lowest BCUT2D eigenvalue weighted by molar-refractivity contribution is 0.0949. The van der Waals surface area contributed by atoms with Gasteiger partial charge >= 0.3 is 0 Å². The molecule has 0 spiro atoms. The molecule has 0 aliphatic rings. The van der Waals surface area contributed by atoms with Crippen molar-refractivity contribution in [3.63, 3.8) is 0 Å². The van der Waals surface area contributed by atoms with Crippen molar-refractivity contribution in [2.45, 2.75) is 26.9 Å². The number of ether oxygens (including phenoxy) is 1. The summed E-state index contributed by atoms with van der Waals surface area (Å²) in [5.41, 5.74) is 4.69. The van der Waals surface area contributed by atoms with E-state index < -0.39 is 0 Å². The molecule has 0 radical (unpaired) electrons. The zero-order valence-electron chi connectivity index (χ0n) is 17.6. The molecule has 158 valence electrons. The Labute approximate surface area is 186 Å². The van der Waals surface area contributed by atoms with E-state index >= 15 is 0 Å². The van der Waals surface area contributed by atoms with Gasteiger partial charge in [0.25, 0.3) is 5.91 Å². The molecule has 0 saturated carbocycles. The largest absolute Gasteiger partial charge is 0.492 e. The lowest BCUT2D eigenvalue weighted by Crippen LogP contribution is -2.25. The van der Waals surface area contributed by atoms with Crippen molar-refractivity contribution in [2.24, 2.45) is 0 Å². The van der Waals surface area contributed by atoms with Crippen LogP contribution >= 0.6 is 11.6 Å². The number of carbonyl (C=O) groups excluding carboxylic acids is 1.